The third-order valence-corrected chi connectivity index (χ3v) is 3.83. The molecule has 124 valence electrons. The molecule has 2 N–H and O–H groups in total. The number of ether oxygens (including phenoxy) is 1. The Morgan fingerprint density at radius 1 is 1.22 bits per heavy atom. The van der Waals surface area contributed by atoms with Crippen LogP contribution in [0.1, 0.15) is 39.0 Å². The number of benzene rings is 1. The van der Waals surface area contributed by atoms with Crippen molar-refractivity contribution in [2.75, 3.05) is 6.61 Å². The minimum Gasteiger partial charge on any atom is -0.493 e. The van der Waals surface area contributed by atoms with Gasteiger partial charge in [-0.15, -0.1) is 0 Å². The van der Waals surface area contributed by atoms with E-state index in [-0.39, 0.29) is 5.91 Å². The monoisotopic (exact) mass is 314 g/mol. The van der Waals surface area contributed by atoms with E-state index in [4.69, 9.17) is 4.74 Å². The van der Waals surface area contributed by atoms with Crippen molar-refractivity contribution >= 4 is 5.91 Å². The maximum Gasteiger partial charge on any atom is 0.230 e. The number of H-pyrrole nitrogens is 1. The molecule has 4 nitrogen and oxygen atoms in total. The van der Waals surface area contributed by atoms with Gasteiger partial charge in [0, 0.05) is 11.9 Å². The van der Waals surface area contributed by atoms with Gasteiger partial charge in [0.1, 0.15) is 5.75 Å². The van der Waals surface area contributed by atoms with E-state index in [1.165, 1.54) is 0 Å². The highest BCUT2D eigenvalue weighted by molar-refractivity contribution is 5.87. The zero-order valence-electron chi connectivity index (χ0n) is 14.3. The van der Waals surface area contributed by atoms with Gasteiger partial charge < -0.3 is 15.0 Å². The molecule has 0 bridgehead atoms. The van der Waals surface area contributed by atoms with Gasteiger partial charge in [0.05, 0.1) is 18.6 Å². The Morgan fingerprint density at radius 2 is 1.91 bits per heavy atom. The van der Waals surface area contributed by atoms with Crippen molar-refractivity contribution in [2.24, 2.45) is 5.92 Å². The molecule has 0 atom stereocenters. The van der Waals surface area contributed by atoms with E-state index >= 15 is 0 Å². The summed E-state index contributed by atoms with van der Waals surface area (Å²) in [4.78, 5) is 15.6. The molecule has 4 heteroatoms. The molecular formula is C19H26N2O2. The first kappa shape index (κ1) is 17.1. The van der Waals surface area contributed by atoms with E-state index in [1.807, 2.05) is 56.4 Å². The molecule has 0 aliphatic carbocycles. The lowest BCUT2D eigenvalue weighted by molar-refractivity contribution is -0.125. The normalized spacial score (nSPS) is 11.5. The molecule has 1 heterocycles. The molecule has 0 spiro atoms. The molecule has 1 aromatic carbocycles. The van der Waals surface area contributed by atoms with Crippen LogP contribution in [0, 0.1) is 5.92 Å². The van der Waals surface area contributed by atoms with E-state index in [0.29, 0.717) is 19.1 Å². The van der Waals surface area contributed by atoms with E-state index in [0.717, 1.165) is 17.0 Å². The first-order valence-corrected chi connectivity index (χ1v) is 8.03. The van der Waals surface area contributed by atoms with Gasteiger partial charge in [-0.3, -0.25) is 4.79 Å². The fourth-order valence-electron chi connectivity index (χ4n) is 2.24. The molecule has 1 aromatic heterocycles. The number of carbonyl (C=O) groups is 1. The zero-order chi connectivity index (χ0) is 16.9. The van der Waals surface area contributed by atoms with Crippen molar-refractivity contribution in [3.8, 4) is 5.75 Å². The fraction of sp³-hybridized carbons (Fsp3) is 0.421. The number of rotatable bonds is 7. The summed E-state index contributed by atoms with van der Waals surface area (Å²) in [5.74, 6) is 1.33. The molecule has 0 fully saturated rings. The lowest BCUT2D eigenvalue weighted by Crippen LogP contribution is -2.39. The number of carbonyl (C=O) groups excluding carboxylic acids is 1. The molecule has 0 unspecified atom stereocenters. The van der Waals surface area contributed by atoms with Gasteiger partial charge in [-0.05, 0) is 49.6 Å². The van der Waals surface area contributed by atoms with Crippen molar-refractivity contribution < 1.29 is 9.53 Å². The Bertz CT molecular complexity index is 613. The van der Waals surface area contributed by atoms with Gasteiger partial charge in [-0.1, -0.05) is 26.0 Å². The smallest absolute Gasteiger partial charge is 0.230 e. The molecule has 1 amide bonds. The summed E-state index contributed by atoms with van der Waals surface area (Å²) in [6.45, 7) is 9.30. The minimum absolute atomic E-state index is 0.00273. The van der Waals surface area contributed by atoms with Crippen molar-refractivity contribution in [1.29, 1.82) is 0 Å². The molecule has 0 radical (unpaired) electrons. The Morgan fingerprint density at radius 3 is 2.48 bits per heavy atom. The summed E-state index contributed by atoms with van der Waals surface area (Å²) in [5.41, 5.74) is 1.37. The van der Waals surface area contributed by atoms with Crippen LogP contribution >= 0.6 is 0 Å². The van der Waals surface area contributed by atoms with Crippen LogP contribution in [0.2, 0.25) is 0 Å². The summed E-state index contributed by atoms with van der Waals surface area (Å²) < 4.78 is 5.69. The number of nitrogens with one attached hydrogen (secondary N) is 2. The van der Waals surface area contributed by atoms with Crippen molar-refractivity contribution in [1.82, 2.24) is 10.3 Å². The second-order valence-corrected chi connectivity index (χ2v) is 6.73. The lowest BCUT2D eigenvalue weighted by Gasteiger charge is -2.24. The molecule has 2 aromatic rings. The number of hydrogen-bond acceptors (Lipinski definition) is 2. The standard InChI is InChI=1S/C19H26N2O2/c1-14(2)13-23-17-9-7-15(8-10-17)19(3,4)18(22)21-12-16-6-5-11-20-16/h5-11,14,20H,12-13H2,1-4H3,(H,21,22). The largest absolute Gasteiger partial charge is 0.493 e. The maximum atomic E-state index is 12.5. The number of amides is 1. The van der Waals surface area contributed by atoms with Crippen LogP contribution in [0.3, 0.4) is 0 Å². The van der Waals surface area contributed by atoms with Crippen molar-refractivity contribution in [3.63, 3.8) is 0 Å². The lowest BCUT2D eigenvalue weighted by atomic mass is 9.83. The number of aromatic amines is 1. The van der Waals surface area contributed by atoms with Gasteiger partial charge in [0.2, 0.25) is 5.91 Å². The average Bonchev–Trinajstić information content (AvgIpc) is 3.04. The van der Waals surface area contributed by atoms with E-state index in [9.17, 15) is 4.79 Å². The van der Waals surface area contributed by atoms with Crippen molar-refractivity contribution in [2.45, 2.75) is 39.7 Å². The first-order chi connectivity index (χ1) is 10.9. The Kier molecular flexibility index (Phi) is 5.48. The third-order valence-electron chi connectivity index (χ3n) is 3.83. The topological polar surface area (TPSA) is 54.1 Å². The Balaban J connectivity index is 1.98. The summed E-state index contributed by atoms with van der Waals surface area (Å²) in [6.07, 6.45) is 1.85. The summed E-state index contributed by atoms with van der Waals surface area (Å²) in [5, 5.41) is 2.98. The van der Waals surface area contributed by atoms with Gasteiger partial charge in [0.25, 0.3) is 0 Å². The average molecular weight is 314 g/mol. The molecule has 0 aliphatic rings. The predicted molar refractivity (Wildman–Crippen MR) is 92.4 cm³/mol. The second-order valence-electron chi connectivity index (χ2n) is 6.73. The predicted octanol–water partition coefficient (Wildman–Crippen LogP) is 3.64. The van der Waals surface area contributed by atoms with Crippen LogP contribution in [0.25, 0.3) is 0 Å². The van der Waals surface area contributed by atoms with Crippen LogP contribution in [0.5, 0.6) is 5.75 Å². The van der Waals surface area contributed by atoms with E-state index in [1.54, 1.807) is 0 Å². The molecule has 0 saturated heterocycles. The van der Waals surface area contributed by atoms with E-state index < -0.39 is 5.41 Å². The molecule has 0 aliphatic heterocycles. The fourth-order valence-corrected chi connectivity index (χ4v) is 2.24. The van der Waals surface area contributed by atoms with Crippen LogP contribution in [0.15, 0.2) is 42.6 Å². The van der Waals surface area contributed by atoms with Crippen LogP contribution in [-0.4, -0.2) is 17.5 Å². The minimum atomic E-state index is -0.594. The second kappa shape index (κ2) is 7.36. The Labute approximate surface area is 138 Å². The van der Waals surface area contributed by atoms with Gasteiger partial charge in [0.15, 0.2) is 0 Å². The van der Waals surface area contributed by atoms with Gasteiger partial charge in [-0.25, -0.2) is 0 Å². The summed E-state index contributed by atoms with van der Waals surface area (Å²) in [6, 6.07) is 11.7. The summed E-state index contributed by atoms with van der Waals surface area (Å²) in [7, 11) is 0. The zero-order valence-corrected chi connectivity index (χ0v) is 14.3. The maximum absolute atomic E-state index is 12.5. The first-order valence-electron chi connectivity index (χ1n) is 8.03. The highest BCUT2D eigenvalue weighted by Crippen LogP contribution is 2.25. The highest BCUT2D eigenvalue weighted by Gasteiger charge is 2.29. The Hall–Kier alpha value is -2.23. The van der Waals surface area contributed by atoms with Crippen LogP contribution < -0.4 is 10.1 Å². The number of hydrogen-bond donors (Lipinski definition) is 2. The molecule has 23 heavy (non-hydrogen) atoms. The molecule has 0 saturated carbocycles. The van der Waals surface area contributed by atoms with Gasteiger partial charge in [-0.2, -0.15) is 0 Å². The van der Waals surface area contributed by atoms with E-state index in [2.05, 4.69) is 24.1 Å². The third kappa shape index (κ3) is 4.62. The SMILES string of the molecule is CC(C)COc1ccc(C(C)(C)C(=O)NCc2ccc[nH]2)cc1. The van der Waals surface area contributed by atoms with Crippen LogP contribution in [-0.2, 0) is 16.8 Å². The summed E-state index contributed by atoms with van der Waals surface area (Å²) >= 11 is 0. The van der Waals surface area contributed by atoms with Crippen LogP contribution in [0.4, 0.5) is 0 Å². The van der Waals surface area contributed by atoms with Gasteiger partial charge >= 0.3 is 0 Å². The number of aromatic nitrogens is 1. The highest BCUT2D eigenvalue weighted by atomic mass is 16.5. The van der Waals surface area contributed by atoms with Crippen molar-refractivity contribution in [3.05, 3.63) is 53.9 Å². The molecule has 2 rings (SSSR count). The molecular weight excluding hydrogens is 288 g/mol. The quantitative estimate of drug-likeness (QED) is 0.819.